The van der Waals surface area contributed by atoms with Crippen molar-refractivity contribution < 1.29 is 46.6 Å². The molecule has 0 spiro atoms. The highest BCUT2D eigenvalue weighted by atomic mass is 35.5. The third-order valence-corrected chi connectivity index (χ3v) is 15.2. The van der Waals surface area contributed by atoms with E-state index in [9.17, 15) is 37.1 Å². The number of ketones is 1. The van der Waals surface area contributed by atoms with E-state index in [-0.39, 0.29) is 80.6 Å². The number of fused-ring (bicyclic) bond motifs is 1. The Balaban J connectivity index is 0.686. The monoisotopic (exact) mass is 1090 g/mol. The number of aromatic nitrogens is 5. The minimum Gasteiger partial charge on any atom is -0.448 e. The van der Waals surface area contributed by atoms with Crippen LogP contribution in [0.3, 0.4) is 0 Å². The topological polar surface area (TPSA) is 235 Å². The zero-order valence-corrected chi connectivity index (χ0v) is 44.0. The minimum atomic E-state index is -4.85. The number of thiazole rings is 1. The Bertz CT molecular complexity index is 3000. The van der Waals surface area contributed by atoms with E-state index in [0.29, 0.717) is 83.4 Å². The molecule has 5 N–H and O–H groups in total. The molecular formula is C51H59ClF3N13O7S. The van der Waals surface area contributed by atoms with Crippen LogP contribution in [-0.4, -0.2) is 147 Å². The molecular weight excluding hydrogens is 1030 g/mol. The van der Waals surface area contributed by atoms with Crippen LogP contribution in [0.5, 0.6) is 0 Å². The molecule has 2 aliphatic heterocycles. The van der Waals surface area contributed by atoms with Crippen LogP contribution in [0, 0.1) is 19.3 Å². The van der Waals surface area contributed by atoms with Gasteiger partial charge in [0.1, 0.15) is 35.0 Å². The summed E-state index contributed by atoms with van der Waals surface area (Å²) in [6, 6.07) is 11.5. The van der Waals surface area contributed by atoms with Gasteiger partial charge in [-0.2, -0.15) is 18.3 Å². The second-order valence-electron chi connectivity index (χ2n) is 20.2. The van der Waals surface area contributed by atoms with Crippen molar-refractivity contribution in [2.24, 2.45) is 11.1 Å². The van der Waals surface area contributed by atoms with Crippen molar-refractivity contribution in [2.45, 2.75) is 84.5 Å². The Morgan fingerprint density at radius 3 is 2.30 bits per heavy atom. The fourth-order valence-corrected chi connectivity index (χ4v) is 11.0. The van der Waals surface area contributed by atoms with E-state index in [4.69, 9.17) is 26.8 Å². The molecule has 5 aromatic rings. The Morgan fingerprint density at radius 1 is 0.908 bits per heavy atom. The van der Waals surface area contributed by atoms with Gasteiger partial charge >= 0.3 is 18.4 Å². The summed E-state index contributed by atoms with van der Waals surface area (Å²) in [5, 5.41) is 14.3. The van der Waals surface area contributed by atoms with Crippen LogP contribution < -0.4 is 26.6 Å². The van der Waals surface area contributed by atoms with Gasteiger partial charge in [0.25, 0.3) is 11.8 Å². The maximum Gasteiger partial charge on any atom is 0.435 e. The van der Waals surface area contributed by atoms with E-state index in [0.717, 1.165) is 29.2 Å². The number of anilines is 5. The summed E-state index contributed by atoms with van der Waals surface area (Å²) >= 11 is 7.49. The summed E-state index contributed by atoms with van der Waals surface area (Å²) in [5.41, 5.74) is 5.74. The van der Waals surface area contributed by atoms with Gasteiger partial charge in [-0.3, -0.25) is 19.3 Å². The number of nitrogens with one attached hydrogen (secondary N) is 3. The lowest BCUT2D eigenvalue weighted by molar-refractivity contribution is -0.141. The molecule has 0 bridgehead atoms. The number of piperazine rings is 2. The predicted octanol–water partition coefficient (Wildman–Crippen LogP) is 8.09. The molecule has 2 aliphatic carbocycles. The molecule has 3 fully saturated rings. The molecule has 0 unspecified atom stereocenters. The van der Waals surface area contributed by atoms with Gasteiger partial charge in [0.2, 0.25) is 0 Å². The zero-order chi connectivity index (χ0) is 54.1. The van der Waals surface area contributed by atoms with Crippen molar-refractivity contribution in [1.29, 1.82) is 0 Å². The van der Waals surface area contributed by atoms with Crippen LogP contribution in [0.15, 0.2) is 48.7 Å². The highest BCUT2D eigenvalue weighted by Crippen LogP contribution is 2.42. The number of para-hydroxylation sites is 1. The predicted molar refractivity (Wildman–Crippen MR) is 279 cm³/mol. The van der Waals surface area contributed by atoms with Gasteiger partial charge in [-0.15, -0.1) is 0 Å². The van der Waals surface area contributed by atoms with Crippen LogP contribution in [0.25, 0.3) is 5.69 Å². The van der Waals surface area contributed by atoms with Gasteiger partial charge in [-0.25, -0.2) is 29.2 Å². The van der Waals surface area contributed by atoms with E-state index in [1.807, 2.05) is 45.9 Å². The fraction of sp³-hybridized carbons (Fsp3) is 0.471. The Kier molecular flexibility index (Phi) is 15.8. The number of primary amides is 1. The number of carbonyl (C=O) groups is 5. The average molecular weight is 1090 g/mol. The zero-order valence-electron chi connectivity index (χ0n) is 42.5. The summed E-state index contributed by atoms with van der Waals surface area (Å²) in [6.45, 7) is 12.0. The van der Waals surface area contributed by atoms with Crippen molar-refractivity contribution in [2.75, 3.05) is 86.4 Å². The van der Waals surface area contributed by atoms with Crippen molar-refractivity contribution in [3.63, 3.8) is 0 Å². The van der Waals surface area contributed by atoms with Crippen LogP contribution in [0.4, 0.5) is 50.9 Å². The number of benzene rings is 2. The summed E-state index contributed by atoms with van der Waals surface area (Å²) in [6.07, 6.45) is -2.35. The number of rotatable bonds is 13. The number of hydrogen-bond donors (Lipinski definition) is 4. The Labute approximate surface area is 445 Å². The molecule has 2 saturated heterocycles. The number of nitrogens with zero attached hydrogens (tertiary/aromatic N) is 9. The number of Topliss-reactive ketones (excluding diaryl/α,β-unsaturated/α-hetero) is 1. The Hall–Kier alpha value is -7.05. The number of alkyl halides is 3. The third-order valence-electron chi connectivity index (χ3n) is 14.0. The lowest BCUT2D eigenvalue weighted by Crippen LogP contribution is -2.52. The molecule has 5 heterocycles. The third kappa shape index (κ3) is 12.4. The second-order valence-corrected chi connectivity index (χ2v) is 21.7. The highest BCUT2D eigenvalue weighted by Gasteiger charge is 2.45. The van der Waals surface area contributed by atoms with E-state index in [2.05, 4.69) is 45.8 Å². The number of carbonyl (C=O) groups excluding carboxylic acids is 5. The summed E-state index contributed by atoms with van der Waals surface area (Å²) in [7, 11) is 0. The van der Waals surface area contributed by atoms with Crippen molar-refractivity contribution in [3.05, 3.63) is 92.5 Å². The first kappa shape index (κ1) is 53.8. The lowest BCUT2D eigenvalue weighted by atomic mass is 9.75. The quantitative estimate of drug-likeness (QED) is 0.0872. The van der Waals surface area contributed by atoms with E-state index < -0.39 is 46.7 Å². The maximum atomic E-state index is 14.1. The van der Waals surface area contributed by atoms with Crippen LogP contribution in [0.2, 0.25) is 5.02 Å². The number of nitrogens with two attached hydrogens (primary N) is 1. The SMILES string of the molecule is Cc1nc(Nc2ncc(C(=O)Nc3c(C)cccc3Cl)s2)cc(N2CCN(CCOC(=O)N3CCN(C(=O)OC4CCC(Nc5cc(-n6nc(C(F)(F)F)c7c6CC(C)(C)CC7=O)ccc5C(N)=O)CC4)CC3)CC2)n1. The first-order valence-corrected chi connectivity index (χ1v) is 26.3. The Morgan fingerprint density at radius 2 is 1.62 bits per heavy atom. The van der Waals surface area contributed by atoms with Crippen LogP contribution in [0.1, 0.15) is 99.1 Å². The van der Waals surface area contributed by atoms with Gasteiger partial charge < -0.3 is 45.9 Å². The van der Waals surface area contributed by atoms with Crippen LogP contribution >= 0.6 is 22.9 Å². The molecule has 2 aromatic carbocycles. The first-order chi connectivity index (χ1) is 36.2. The smallest absolute Gasteiger partial charge is 0.435 e. The molecule has 20 nitrogen and oxygen atoms in total. The van der Waals surface area contributed by atoms with Gasteiger partial charge in [-0.05, 0) is 81.2 Å². The average Bonchev–Trinajstić information content (AvgIpc) is 4.01. The second kappa shape index (κ2) is 22.3. The largest absolute Gasteiger partial charge is 0.448 e. The van der Waals surface area contributed by atoms with Crippen molar-refractivity contribution in [1.82, 2.24) is 39.4 Å². The number of hydrogen-bond acceptors (Lipinski definition) is 16. The van der Waals surface area contributed by atoms with Crippen molar-refractivity contribution >= 4 is 80.9 Å². The van der Waals surface area contributed by atoms with Gasteiger partial charge in [0.15, 0.2) is 16.6 Å². The molecule has 3 aromatic heterocycles. The number of ether oxygens (including phenoxy) is 2. The van der Waals surface area contributed by atoms with E-state index >= 15 is 0 Å². The number of amides is 4. The molecule has 25 heteroatoms. The standard InChI is InChI=1S/C51H59ClF3N13O7S/c1-29-6-5-7-35(52)43(29)62-46(71)39-28-57-47(76-39)61-40-25-41(59-30(2)58-40)65-16-14-64(15-17-65)22-23-74-48(72)66-18-20-67(21-19-66)49(73)75-33-11-8-31(9-12-33)60-36-24-32(10-13-34(36)45(56)70)68-37-26-50(3,4)27-38(69)42(37)44(63-68)51(53,54)55/h5-7,10,13,24-25,28,31,33,60H,8-9,11-12,14-23,26-27H2,1-4H3,(H2,56,70)(H,62,71)(H,57,58,59,61). The van der Waals surface area contributed by atoms with Gasteiger partial charge in [0.05, 0.1) is 39.4 Å². The summed E-state index contributed by atoms with van der Waals surface area (Å²) in [5.74, 6) is 0.207. The molecule has 4 amide bonds. The summed E-state index contributed by atoms with van der Waals surface area (Å²) < 4.78 is 55.1. The maximum absolute atomic E-state index is 14.1. The van der Waals surface area contributed by atoms with Crippen molar-refractivity contribution in [3.8, 4) is 5.69 Å². The fourth-order valence-electron chi connectivity index (χ4n) is 10.0. The lowest BCUT2D eigenvalue weighted by Gasteiger charge is -2.36. The molecule has 1 saturated carbocycles. The number of halogens is 4. The van der Waals surface area contributed by atoms with E-state index in [1.165, 1.54) is 35.7 Å². The molecule has 76 heavy (non-hydrogen) atoms. The first-order valence-electron chi connectivity index (χ1n) is 25.1. The minimum absolute atomic E-state index is 0.0392. The molecule has 0 radical (unpaired) electrons. The normalized spacial score (nSPS) is 18.9. The van der Waals surface area contributed by atoms with E-state index in [1.54, 1.807) is 15.9 Å². The molecule has 4 aliphatic rings. The number of aryl methyl sites for hydroxylation is 2. The highest BCUT2D eigenvalue weighted by molar-refractivity contribution is 7.17. The van der Waals surface area contributed by atoms with Gasteiger partial charge in [0, 0.05) is 83.1 Å². The summed E-state index contributed by atoms with van der Waals surface area (Å²) in [4.78, 5) is 86.3. The van der Waals surface area contributed by atoms with Crippen LogP contribution in [-0.2, 0) is 22.1 Å². The molecule has 0 atom stereocenters. The molecule has 404 valence electrons. The molecule has 9 rings (SSSR count). The van der Waals surface area contributed by atoms with Gasteiger partial charge in [-0.1, -0.05) is 48.9 Å².